The molecular weight excluding hydrogens is 228 g/mol. The average molecular weight is 240 g/mol. The smallest absolute Gasteiger partial charge is 0.251 e. The van der Waals surface area contributed by atoms with Gasteiger partial charge in [0.1, 0.15) is 5.41 Å². The number of nitrogens with one attached hydrogen (secondary N) is 1. The van der Waals surface area contributed by atoms with E-state index < -0.39 is 5.41 Å². The fraction of sp³-hybridized carbons (Fsp3) is 0.286. The lowest BCUT2D eigenvalue weighted by Crippen LogP contribution is -2.45. The highest BCUT2D eigenvalue weighted by molar-refractivity contribution is 5.80. The van der Waals surface area contributed by atoms with Gasteiger partial charge in [0, 0.05) is 11.1 Å². The highest BCUT2D eigenvalue weighted by Gasteiger charge is 2.40. The molecule has 1 aromatic carbocycles. The fourth-order valence-electron chi connectivity index (χ4n) is 2.22. The van der Waals surface area contributed by atoms with Gasteiger partial charge in [-0.2, -0.15) is 5.26 Å². The van der Waals surface area contributed by atoms with Crippen molar-refractivity contribution in [2.24, 2.45) is 0 Å². The van der Waals surface area contributed by atoms with E-state index in [0.29, 0.717) is 18.8 Å². The van der Waals surface area contributed by atoms with Gasteiger partial charge in [-0.3, -0.25) is 4.79 Å². The van der Waals surface area contributed by atoms with Crippen LogP contribution in [0.4, 0.5) is 0 Å². The maximum Gasteiger partial charge on any atom is 0.251 e. The van der Waals surface area contributed by atoms with E-state index in [-0.39, 0.29) is 5.56 Å². The van der Waals surface area contributed by atoms with E-state index >= 15 is 0 Å². The molecule has 0 unspecified atom stereocenters. The first-order chi connectivity index (χ1) is 8.64. The molecule has 4 heteroatoms. The van der Waals surface area contributed by atoms with Gasteiger partial charge < -0.3 is 9.72 Å². The van der Waals surface area contributed by atoms with E-state index in [2.05, 4.69) is 11.1 Å². The third-order valence-corrected chi connectivity index (χ3v) is 3.49. The van der Waals surface area contributed by atoms with Crippen LogP contribution in [0.15, 0.2) is 29.1 Å². The maximum absolute atomic E-state index is 11.5. The SMILES string of the molecule is Cc1cc2cc(C3(C#N)COC3)ccc2[nH]c1=O. The van der Waals surface area contributed by atoms with Crippen molar-refractivity contribution >= 4 is 10.9 Å². The molecule has 0 aliphatic carbocycles. The number of nitriles is 1. The van der Waals surface area contributed by atoms with Crippen molar-refractivity contribution in [1.82, 2.24) is 4.98 Å². The highest BCUT2D eigenvalue weighted by atomic mass is 16.5. The number of nitrogens with zero attached hydrogens (tertiary/aromatic N) is 1. The number of aromatic amines is 1. The van der Waals surface area contributed by atoms with Crippen LogP contribution in [0.25, 0.3) is 10.9 Å². The average Bonchev–Trinajstić information content (AvgIpc) is 2.30. The molecule has 90 valence electrons. The summed E-state index contributed by atoms with van der Waals surface area (Å²) in [5, 5.41) is 10.2. The molecule has 0 amide bonds. The molecule has 1 fully saturated rings. The quantitative estimate of drug-likeness (QED) is 0.823. The summed E-state index contributed by atoms with van der Waals surface area (Å²) in [6.07, 6.45) is 0. The standard InChI is InChI=1S/C14H12N2O2/c1-9-4-10-5-11(14(6-15)7-18-8-14)2-3-12(10)16-13(9)17/h2-5H,7-8H2,1H3,(H,16,17). The first-order valence-corrected chi connectivity index (χ1v) is 5.78. The van der Waals surface area contributed by atoms with Gasteiger partial charge in [-0.1, -0.05) is 6.07 Å². The molecule has 1 N–H and O–H groups in total. The van der Waals surface area contributed by atoms with Crippen LogP contribution in [0.2, 0.25) is 0 Å². The summed E-state index contributed by atoms with van der Waals surface area (Å²) in [5.74, 6) is 0. The third kappa shape index (κ3) is 1.45. The second kappa shape index (κ2) is 3.69. The topological polar surface area (TPSA) is 65.9 Å². The van der Waals surface area contributed by atoms with Gasteiger partial charge in [0.25, 0.3) is 5.56 Å². The van der Waals surface area contributed by atoms with Crippen molar-refractivity contribution in [3.8, 4) is 6.07 Å². The van der Waals surface area contributed by atoms with Gasteiger partial charge in [0.05, 0.1) is 19.3 Å². The zero-order chi connectivity index (χ0) is 12.8. The fourth-order valence-corrected chi connectivity index (χ4v) is 2.22. The zero-order valence-electron chi connectivity index (χ0n) is 9.99. The van der Waals surface area contributed by atoms with E-state index in [9.17, 15) is 10.1 Å². The third-order valence-electron chi connectivity index (χ3n) is 3.49. The predicted octanol–water partition coefficient (Wildman–Crippen LogP) is 1.63. The molecule has 1 saturated heterocycles. The lowest BCUT2D eigenvalue weighted by molar-refractivity contribution is -0.0297. The number of H-pyrrole nitrogens is 1. The number of aromatic nitrogens is 1. The second-order valence-corrected chi connectivity index (χ2v) is 4.77. The number of hydrogen-bond donors (Lipinski definition) is 1. The Labute approximate surface area is 104 Å². The molecular formula is C14H12N2O2. The Kier molecular flexibility index (Phi) is 2.25. The van der Waals surface area contributed by atoms with Crippen molar-refractivity contribution in [2.75, 3.05) is 13.2 Å². The normalized spacial score (nSPS) is 17.1. The van der Waals surface area contributed by atoms with Gasteiger partial charge in [-0.15, -0.1) is 0 Å². The molecule has 0 atom stereocenters. The van der Waals surface area contributed by atoms with Crippen LogP contribution in [0.5, 0.6) is 0 Å². The first kappa shape index (κ1) is 11.0. The van der Waals surface area contributed by atoms with Crippen molar-refractivity contribution in [2.45, 2.75) is 12.3 Å². The largest absolute Gasteiger partial charge is 0.377 e. The van der Waals surface area contributed by atoms with E-state index in [4.69, 9.17) is 4.74 Å². The minimum atomic E-state index is -0.516. The van der Waals surface area contributed by atoms with Gasteiger partial charge in [0.2, 0.25) is 0 Å². The Balaban J connectivity index is 2.20. The van der Waals surface area contributed by atoms with Crippen LogP contribution < -0.4 is 5.56 Å². The van der Waals surface area contributed by atoms with Gasteiger partial charge >= 0.3 is 0 Å². The summed E-state index contributed by atoms with van der Waals surface area (Å²) in [6, 6.07) is 9.88. The molecule has 2 heterocycles. The molecule has 18 heavy (non-hydrogen) atoms. The van der Waals surface area contributed by atoms with Gasteiger partial charge in [-0.05, 0) is 36.1 Å². The van der Waals surface area contributed by atoms with Crippen LogP contribution in [0.3, 0.4) is 0 Å². The molecule has 2 aromatic rings. The number of fused-ring (bicyclic) bond motifs is 1. The van der Waals surface area contributed by atoms with Crippen molar-refractivity contribution in [3.63, 3.8) is 0 Å². The number of benzene rings is 1. The van der Waals surface area contributed by atoms with Crippen molar-refractivity contribution in [1.29, 1.82) is 5.26 Å². The summed E-state index contributed by atoms with van der Waals surface area (Å²) in [6.45, 7) is 2.66. The van der Waals surface area contributed by atoms with Crippen LogP contribution >= 0.6 is 0 Å². The van der Waals surface area contributed by atoms with E-state index in [1.807, 2.05) is 24.3 Å². The molecule has 1 aliphatic heterocycles. The lowest BCUT2D eigenvalue weighted by Gasteiger charge is -2.35. The van der Waals surface area contributed by atoms with Crippen molar-refractivity contribution < 1.29 is 4.74 Å². The number of rotatable bonds is 1. The number of hydrogen-bond acceptors (Lipinski definition) is 3. The molecule has 0 bridgehead atoms. The van der Waals surface area contributed by atoms with Gasteiger partial charge in [-0.25, -0.2) is 0 Å². The molecule has 4 nitrogen and oxygen atoms in total. The zero-order valence-corrected chi connectivity index (χ0v) is 9.99. The molecule has 0 spiro atoms. The maximum atomic E-state index is 11.5. The lowest BCUT2D eigenvalue weighted by atomic mass is 9.80. The number of aryl methyl sites for hydroxylation is 1. The second-order valence-electron chi connectivity index (χ2n) is 4.77. The Morgan fingerprint density at radius 1 is 1.39 bits per heavy atom. The van der Waals surface area contributed by atoms with Crippen LogP contribution in [0.1, 0.15) is 11.1 Å². The predicted molar refractivity (Wildman–Crippen MR) is 67.4 cm³/mol. The Bertz CT molecular complexity index is 721. The molecule has 1 aliphatic rings. The van der Waals surface area contributed by atoms with Crippen LogP contribution in [-0.2, 0) is 10.2 Å². The summed E-state index contributed by atoms with van der Waals surface area (Å²) >= 11 is 0. The summed E-state index contributed by atoms with van der Waals surface area (Å²) in [4.78, 5) is 14.3. The van der Waals surface area contributed by atoms with Crippen LogP contribution in [-0.4, -0.2) is 18.2 Å². The van der Waals surface area contributed by atoms with Crippen LogP contribution in [0, 0.1) is 18.3 Å². The minimum Gasteiger partial charge on any atom is -0.377 e. The summed E-state index contributed by atoms with van der Waals surface area (Å²) in [5.41, 5.74) is 1.84. The molecule has 3 rings (SSSR count). The summed E-state index contributed by atoms with van der Waals surface area (Å²) in [7, 11) is 0. The summed E-state index contributed by atoms with van der Waals surface area (Å²) < 4.78 is 5.16. The Morgan fingerprint density at radius 2 is 2.17 bits per heavy atom. The number of ether oxygens (including phenoxy) is 1. The highest BCUT2D eigenvalue weighted by Crippen LogP contribution is 2.32. The Hall–Kier alpha value is -2.12. The monoisotopic (exact) mass is 240 g/mol. The first-order valence-electron chi connectivity index (χ1n) is 5.78. The van der Waals surface area contributed by atoms with E-state index in [1.165, 1.54) is 0 Å². The van der Waals surface area contributed by atoms with Gasteiger partial charge in [0.15, 0.2) is 0 Å². The minimum absolute atomic E-state index is 0.0720. The molecule has 1 aromatic heterocycles. The molecule has 0 saturated carbocycles. The molecule has 0 radical (unpaired) electrons. The Morgan fingerprint density at radius 3 is 2.78 bits per heavy atom. The van der Waals surface area contributed by atoms with E-state index in [0.717, 1.165) is 16.5 Å². The van der Waals surface area contributed by atoms with E-state index in [1.54, 1.807) is 6.92 Å². The number of pyridine rings is 1. The van der Waals surface area contributed by atoms with Crippen molar-refractivity contribution in [3.05, 3.63) is 45.7 Å².